The van der Waals surface area contributed by atoms with Gasteiger partial charge in [-0.3, -0.25) is 0 Å². The average Bonchev–Trinajstić information content (AvgIpc) is 3.10. The molecular formula is C25H24O5. The highest BCUT2D eigenvalue weighted by atomic mass is 16.5. The summed E-state index contributed by atoms with van der Waals surface area (Å²) in [6.45, 7) is 0. The second-order valence-corrected chi connectivity index (χ2v) is 6.81. The van der Waals surface area contributed by atoms with Crippen molar-refractivity contribution in [2.24, 2.45) is 0 Å². The summed E-state index contributed by atoms with van der Waals surface area (Å²) in [5.41, 5.74) is 6.22. The second kappa shape index (κ2) is 8.03. The molecule has 0 unspecified atom stereocenters. The van der Waals surface area contributed by atoms with Crippen LogP contribution in [0.1, 0.15) is 16.7 Å². The van der Waals surface area contributed by atoms with Crippen molar-refractivity contribution in [1.82, 2.24) is 0 Å². The fourth-order valence-corrected chi connectivity index (χ4v) is 3.89. The summed E-state index contributed by atoms with van der Waals surface area (Å²) in [7, 11) is 8.25. The summed E-state index contributed by atoms with van der Waals surface area (Å²) >= 11 is 0. The number of methoxy groups -OCH3 is 5. The van der Waals surface area contributed by atoms with Crippen molar-refractivity contribution in [3.05, 3.63) is 65.2 Å². The molecule has 3 aromatic rings. The van der Waals surface area contributed by atoms with Crippen LogP contribution in [0.4, 0.5) is 0 Å². The molecule has 0 spiro atoms. The molecule has 0 bridgehead atoms. The Balaban J connectivity index is 2.01. The third kappa shape index (κ3) is 3.12. The van der Waals surface area contributed by atoms with Crippen molar-refractivity contribution in [3.63, 3.8) is 0 Å². The molecule has 3 aromatic carbocycles. The van der Waals surface area contributed by atoms with E-state index in [1.807, 2.05) is 42.5 Å². The van der Waals surface area contributed by atoms with Crippen LogP contribution in [0.3, 0.4) is 0 Å². The van der Waals surface area contributed by atoms with E-state index >= 15 is 0 Å². The van der Waals surface area contributed by atoms with E-state index < -0.39 is 0 Å². The van der Waals surface area contributed by atoms with E-state index in [1.54, 1.807) is 35.5 Å². The van der Waals surface area contributed by atoms with Crippen LogP contribution in [-0.2, 0) is 0 Å². The summed E-state index contributed by atoms with van der Waals surface area (Å²) in [6.07, 6.45) is 2.14. The molecular weight excluding hydrogens is 380 g/mol. The van der Waals surface area contributed by atoms with E-state index in [-0.39, 0.29) is 0 Å². The van der Waals surface area contributed by atoms with Crippen LogP contribution in [0, 0.1) is 0 Å². The highest BCUT2D eigenvalue weighted by Crippen LogP contribution is 2.54. The Hall–Kier alpha value is -3.60. The maximum Gasteiger partial charge on any atom is 0.169 e. The molecule has 0 aliphatic heterocycles. The third-order valence-electron chi connectivity index (χ3n) is 5.35. The molecule has 4 rings (SSSR count). The summed E-state index contributed by atoms with van der Waals surface area (Å²) < 4.78 is 27.7. The lowest BCUT2D eigenvalue weighted by Gasteiger charge is -2.13. The quantitative estimate of drug-likeness (QED) is 0.436. The zero-order valence-corrected chi connectivity index (χ0v) is 17.7. The SMILES string of the molecule is COc1ccc(/C=C2\c3cc(OC)c(OC)cc3-c3ccc(OC)c(OC)c32)cc1. The zero-order chi connectivity index (χ0) is 21.3. The predicted molar refractivity (Wildman–Crippen MR) is 118 cm³/mol. The van der Waals surface area contributed by atoms with E-state index in [1.165, 1.54) is 0 Å². The van der Waals surface area contributed by atoms with E-state index in [0.717, 1.165) is 39.1 Å². The van der Waals surface area contributed by atoms with Crippen LogP contribution in [0.25, 0.3) is 22.8 Å². The van der Waals surface area contributed by atoms with E-state index in [9.17, 15) is 0 Å². The first-order valence-electron chi connectivity index (χ1n) is 9.53. The first-order chi connectivity index (χ1) is 14.6. The van der Waals surface area contributed by atoms with Crippen LogP contribution < -0.4 is 23.7 Å². The van der Waals surface area contributed by atoms with Gasteiger partial charge in [-0.05, 0) is 70.3 Å². The summed E-state index contributed by atoms with van der Waals surface area (Å²) in [4.78, 5) is 0. The van der Waals surface area contributed by atoms with Crippen molar-refractivity contribution < 1.29 is 23.7 Å². The van der Waals surface area contributed by atoms with E-state index in [0.29, 0.717) is 23.0 Å². The minimum atomic E-state index is 0.676. The largest absolute Gasteiger partial charge is 0.497 e. The number of fused-ring (bicyclic) bond motifs is 3. The second-order valence-electron chi connectivity index (χ2n) is 6.81. The van der Waals surface area contributed by atoms with Crippen molar-refractivity contribution in [2.45, 2.75) is 0 Å². The van der Waals surface area contributed by atoms with Gasteiger partial charge in [0.25, 0.3) is 0 Å². The lowest BCUT2D eigenvalue weighted by atomic mass is 9.99. The first-order valence-corrected chi connectivity index (χ1v) is 9.53. The maximum absolute atomic E-state index is 5.78. The molecule has 30 heavy (non-hydrogen) atoms. The highest BCUT2D eigenvalue weighted by Gasteiger charge is 2.30. The molecule has 0 aromatic heterocycles. The molecule has 0 fully saturated rings. The Bertz CT molecular complexity index is 1110. The Labute approximate surface area is 176 Å². The van der Waals surface area contributed by atoms with Crippen LogP contribution in [0.2, 0.25) is 0 Å². The highest BCUT2D eigenvalue weighted by molar-refractivity contribution is 6.09. The lowest BCUT2D eigenvalue weighted by Crippen LogP contribution is -1.95. The predicted octanol–water partition coefficient (Wildman–Crippen LogP) is 5.30. The number of ether oxygens (including phenoxy) is 5. The van der Waals surface area contributed by atoms with Crippen LogP contribution in [-0.4, -0.2) is 35.5 Å². The van der Waals surface area contributed by atoms with Gasteiger partial charge >= 0.3 is 0 Å². The van der Waals surface area contributed by atoms with Gasteiger partial charge < -0.3 is 23.7 Å². The fourth-order valence-electron chi connectivity index (χ4n) is 3.89. The minimum Gasteiger partial charge on any atom is -0.497 e. The smallest absolute Gasteiger partial charge is 0.169 e. The van der Waals surface area contributed by atoms with Crippen molar-refractivity contribution >= 4 is 11.6 Å². The molecule has 0 radical (unpaired) electrons. The number of benzene rings is 3. The fraction of sp³-hybridized carbons (Fsp3) is 0.200. The topological polar surface area (TPSA) is 46.2 Å². The maximum atomic E-state index is 5.78. The molecule has 0 heterocycles. The zero-order valence-electron chi connectivity index (χ0n) is 17.7. The first kappa shape index (κ1) is 19.7. The van der Waals surface area contributed by atoms with E-state index in [4.69, 9.17) is 23.7 Å². The molecule has 1 aliphatic rings. The van der Waals surface area contributed by atoms with Gasteiger partial charge in [0.1, 0.15) is 5.75 Å². The summed E-state index contributed by atoms with van der Waals surface area (Å²) in [6, 6.07) is 15.9. The molecule has 0 N–H and O–H groups in total. The van der Waals surface area contributed by atoms with Gasteiger partial charge in [-0.15, -0.1) is 0 Å². The molecule has 0 atom stereocenters. The number of rotatable bonds is 6. The van der Waals surface area contributed by atoms with Gasteiger partial charge in [-0.1, -0.05) is 12.1 Å². The Morgan fingerprint density at radius 1 is 0.567 bits per heavy atom. The monoisotopic (exact) mass is 404 g/mol. The third-order valence-corrected chi connectivity index (χ3v) is 5.35. The Morgan fingerprint density at radius 3 is 1.77 bits per heavy atom. The molecule has 5 heteroatoms. The Morgan fingerprint density at radius 2 is 1.20 bits per heavy atom. The lowest BCUT2D eigenvalue weighted by molar-refractivity contribution is 0.354. The molecule has 154 valence electrons. The standard InChI is InChI=1S/C25H24O5/c1-26-16-8-6-15(7-9-16)12-20-19-14-23(29-4)22(28-3)13-18(19)17-10-11-21(27-2)25(30-5)24(17)20/h6-14H,1-5H3/b20-12+. The van der Waals surface area contributed by atoms with Gasteiger partial charge in [-0.2, -0.15) is 0 Å². The minimum absolute atomic E-state index is 0.676. The van der Waals surface area contributed by atoms with Gasteiger partial charge in [0.2, 0.25) is 0 Å². The van der Waals surface area contributed by atoms with Crippen LogP contribution in [0.5, 0.6) is 28.7 Å². The van der Waals surface area contributed by atoms with Gasteiger partial charge in [0.15, 0.2) is 23.0 Å². The van der Waals surface area contributed by atoms with Crippen molar-refractivity contribution in [3.8, 4) is 39.9 Å². The van der Waals surface area contributed by atoms with Gasteiger partial charge in [0, 0.05) is 5.56 Å². The molecule has 0 saturated heterocycles. The van der Waals surface area contributed by atoms with Crippen molar-refractivity contribution in [2.75, 3.05) is 35.5 Å². The Kier molecular flexibility index (Phi) is 5.27. The summed E-state index contributed by atoms with van der Waals surface area (Å²) in [5.74, 6) is 3.56. The summed E-state index contributed by atoms with van der Waals surface area (Å²) in [5, 5.41) is 0. The van der Waals surface area contributed by atoms with Gasteiger partial charge in [-0.25, -0.2) is 0 Å². The number of hydrogen-bond acceptors (Lipinski definition) is 5. The van der Waals surface area contributed by atoms with Crippen molar-refractivity contribution in [1.29, 1.82) is 0 Å². The molecule has 5 nitrogen and oxygen atoms in total. The molecule has 0 amide bonds. The van der Waals surface area contributed by atoms with Crippen LogP contribution in [0.15, 0.2) is 48.5 Å². The number of hydrogen-bond donors (Lipinski definition) is 0. The average molecular weight is 404 g/mol. The normalized spacial score (nSPS) is 12.9. The van der Waals surface area contributed by atoms with Gasteiger partial charge in [0.05, 0.1) is 35.5 Å². The van der Waals surface area contributed by atoms with E-state index in [2.05, 4.69) is 12.1 Å². The molecule has 1 aliphatic carbocycles. The molecule has 0 saturated carbocycles. The van der Waals surface area contributed by atoms with Crippen LogP contribution >= 0.6 is 0 Å².